The lowest BCUT2D eigenvalue weighted by Crippen LogP contribution is -2.44. The first kappa shape index (κ1) is 11.3. The van der Waals surface area contributed by atoms with Crippen molar-refractivity contribution in [1.82, 2.24) is 4.90 Å². The third-order valence-electron chi connectivity index (χ3n) is 2.85. The molecular formula is C13H17NO2. The number of benzene rings is 1. The van der Waals surface area contributed by atoms with Gasteiger partial charge >= 0.3 is 0 Å². The number of morpholine rings is 1. The van der Waals surface area contributed by atoms with E-state index in [0.717, 1.165) is 13.1 Å². The van der Waals surface area contributed by atoms with Gasteiger partial charge in [0.1, 0.15) is 6.10 Å². The molecule has 0 amide bonds. The molecule has 0 aromatic heterocycles. The van der Waals surface area contributed by atoms with Gasteiger partial charge in [-0.2, -0.15) is 0 Å². The number of Topliss-reactive ketones (excluding diaryl/α,β-unsaturated/α-hetero) is 1. The van der Waals surface area contributed by atoms with Crippen molar-refractivity contribution >= 4 is 5.78 Å². The first-order valence-electron chi connectivity index (χ1n) is 5.64. The van der Waals surface area contributed by atoms with Gasteiger partial charge in [-0.3, -0.25) is 9.69 Å². The number of ketones is 1. The summed E-state index contributed by atoms with van der Waals surface area (Å²) < 4.78 is 5.42. The molecule has 3 nitrogen and oxygen atoms in total. The molecule has 0 aliphatic carbocycles. The summed E-state index contributed by atoms with van der Waals surface area (Å²) in [5, 5.41) is 0. The molecule has 3 heteroatoms. The maximum atomic E-state index is 11.2. The maximum absolute atomic E-state index is 11.2. The lowest BCUT2D eigenvalue weighted by atomic mass is 10.1. The molecule has 0 bridgehead atoms. The first-order valence-corrected chi connectivity index (χ1v) is 5.64. The monoisotopic (exact) mass is 219 g/mol. The van der Waals surface area contributed by atoms with Gasteiger partial charge in [0.05, 0.1) is 6.61 Å². The minimum atomic E-state index is -0.238. The molecule has 0 saturated carbocycles. The lowest BCUT2D eigenvalue weighted by Gasteiger charge is -2.31. The predicted octanol–water partition coefficient (Wildman–Crippen LogP) is 1.48. The highest BCUT2D eigenvalue weighted by molar-refractivity contribution is 5.80. The van der Waals surface area contributed by atoms with Gasteiger partial charge in [0.2, 0.25) is 0 Å². The van der Waals surface area contributed by atoms with E-state index < -0.39 is 0 Å². The van der Waals surface area contributed by atoms with Crippen molar-refractivity contribution in [3.63, 3.8) is 0 Å². The third-order valence-corrected chi connectivity index (χ3v) is 2.85. The highest BCUT2D eigenvalue weighted by Crippen LogP contribution is 2.10. The zero-order chi connectivity index (χ0) is 11.4. The molecule has 16 heavy (non-hydrogen) atoms. The van der Waals surface area contributed by atoms with E-state index in [2.05, 4.69) is 17.0 Å². The molecule has 1 aliphatic heterocycles. The first-order chi connectivity index (χ1) is 7.75. The number of carbonyl (C=O) groups excluding carboxylic acids is 1. The minimum Gasteiger partial charge on any atom is -0.368 e. The molecule has 1 heterocycles. The maximum Gasteiger partial charge on any atom is 0.159 e. The Balaban J connectivity index is 1.93. The fraction of sp³-hybridized carbons (Fsp3) is 0.462. The fourth-order valence-electron chi connectivity index (χ4n) is 1.93. The molecule has 1 aromatic carbocycles. The van der Waals surface area contributed by atoms with Crippen LogP contribution in [-0.2, 0) is 16.1 Å². The minimum absolute atomic E-state index is 0.123. The quantitative estimate of drug-likeness (QED) is 0.771. The van der Waals surface area contributed by atoms with Crippen molar-refractivity contribution in [2.45, 2.75) is 19.6 Å². The van der Waals surface area contributed by atoms with Crippen LogP contribution in [0.5, 0.6) is 0 Å². The van der Waals surface area contributed by atoms with Crippen LogP contribution in [0.3, 0.4) is 0 Å². The molecule has 0 radical (unpaired) electrons. The smallest absolute Gasteiger partial charge is 0.159 e. The van der Waals surface area contributed by atoms with Crippen LogP contribution in [0.25, 0.3) is 0 Å². The Labute approximate surface area is 96.0 Å². The molecule has 1 unspecified atom stereocenters. The van der Waals surface area contributed by atoms with E-state index in [1.807, 2.05) is 18.2 Å². The Kier molecular flexibility index (Phi) is 3.70. The molecule has 2 rings (SSSR count). The van der Waals surface area contributed by atoms with Crippen LogP contribution in [0.2, 0.25) is 0 Å². The Morgan fingerprint density at radius 3 is 2.88 bits per heavy atom. The van der Waals surface area contributed by atoms with Crippen LogP contribution in [0, 0.1) is 0 Å². The van der Waals surface area contributed by atoms with Gasteiger partial charge < -0.3 is 4.74 Å². The second-order valence-electron chi connectivity index (χ2n) is 4.19. The van der Waals surface area contributed by atoms with E-state index >= 15 is 0 Å². The highest BCUT2D eigenvalue weighted by atomic mass is 16.5. The standard InChI is InChI=1S/C13H17NO2/c1-11(15)13-10-14(7-8-16-13)9-12-5-3-2-4-6-12/h2-6,13H,7-10H2,1H3. The number of nitrogens with zero attached hydrogens (tertiary/aromatic N) is 1. The van der Waals surface area contributed by atoms with Crippen molar-refractivity contribution in [2.75, 3.05) is 19.7 Å². The summed E-state index contributed by atoms with van der Waals surface area (Å²) in [5.74, 6) is 0.123. The summed E-state index contributed by atoms with van der Waals surface area (Å²) in [7, 11) is 0. The lowest BCUT2D eigenvalue weighted by molar-refractivity contribution is -0.134. The van der Waals surface area contributed by atoms with Gasteiger partial charge in [-0.25, -0.2) is 0 Å². The van der Waals surface area contributed by atoms with Crippen molar-refractivity contribution in [3.05, 3.63) is 35.9 Å². The summed E-state index contributed by atoms with van der Waals surface area (Å²) in [6.45, 7) is 4.75. The third kappa shape index (κ3) is 2.90. The molecule has 1 aliphatic rings. The summed E-state index contributed by atoms with van der Waals surface area (Å²) >= 11 is 0. The van der Waals surface area contributed by atoms with Gasteiger partial charge in [0, 0.05) is 19.6 Å². The molecule has 1 fully saturated rings. The molecule has 1 atom stereocenters. The second kappa shape index (κ2) is 5.23. The second-order valence-corrected chi connectivity index (χ2v) is 4.19. The van der Waals surface area contributed by atoms with Crippen molar-refractivity contribution in [1.29, 1.82) is 0 Å². The Bertz CT molecular complexity index is 350. The van der Waals surface area contributed by atoms with Gasteiger partial charge in [0.25, 0.3) is 0 Å². The van der Waals surface area contributed by atoms with E-state index in [1.165, 1.54) is 5.56 Å². The van der Waals surface area contributed by atoms with Crippen molar-refractivity contribution in [3.8, 4) is 0 Å². The van der Waals surface area contributed by atoms with Crippen LogP contribution >= 0.6 is 0 Å². The summed E-state index contributed by atoms with van der Waals surface area (Å²) in [6, 6.07) is 10.3. The predicted molar refractivity (Wildman–Crippen MR) is 62.1 cm³/mol. The Morgan fingerprint density at radius 2 is 2.19 bits per heavy atom. The highest BCUT2D eigenvalue weighted by Gasteiger charge is 2.23. The van der Waals surface area contributed by atoms with Crippen LogP contribution in [0.15, 0.2) is 30.3 Å². The molecule has 0 N–H and O–H groups in total. The Hall–Kier alpha value is -1.19. The van der Waals surface area contributed by atoms with E-state index in [9.17, 15) is 4.79 Å². The average Bonchev–Trinajstić information content (AvgIpc) is 2.30. The summed E-state index contributed by atoms with van der Waals surface area (Å²) in [6.07, 6.45) is -0.238. The molecule has 86 valence electrons. The van der Waals surface area contributed by atoms with Crippen LogP contribution in [0.1, 0.15) is 12.5 Å². The van der Waals surface area contributed by atoms with Crippen molar-refractivity contribution < 1.29 is 9.53 Å². The number of carbonyl (C=O) groups is 1. The normalized spacial score (nSPS) is 21.9. The number of hydrogen-bond acceptors (Lipinski definition) is 3. The van der Waals surface area contributed by atoms with Crippen LogP contribution in [0.4, 0.5) is 0 Å². The van der Waals surface area contributed by atoms with E-state index in [-0.39, 0.29) is 11.9 Å². The number of ether oxygens (including phenoxy) is 1. The van der Waals surface area contributed by atoms with Gasteiger partial charge in [0.15, 0.2) is 5.78 Å². The largest absolute Gasteiger partial charge is 0.368 e. The van der Waals surface area contributed by atoms with E-state index in [1.54, 1.807) is 6.92 Å². The molecular weight excluding hydrogens is 202 g/mol. The van der Waals surface area contributed by atoms with Gasteiger partial charge in [-0.1, -0.05) is 30.3 Å². The van der Waals surface area contributed by atoms with Gasteiger partial charge in [-0.15, -0.1) is 0 Å². The molecule has 0 spiro atoms. The summed E-state index contributed by atoms with van der Waals surface area (Å²) in [4.78, 5) is 13.5. The zero-order valence-corrected chi connectivity index (χ0v) is 9.56. The SMILES string of the molecule is CC(=O)C1CN(Cc2ccccc2)CCO1. The zero-order valence-electron chi connectivity index (χ0n) is 9.56. The number of hydrogen-bond donors (Lipinski definition) is 0. The van der Waals surface area contributed by atoms with Crippen LogP contribution < -0.4 is 0 Å². The fourth-order valence-corrected chi connectivity index (χ4v) is 1.93. The molecule has 1 saturated heterocycles. The topological polar surface area (TPSA) is 29.5 Å². The Morgan fingerprint density at radius 1 is 1.44 bits per heavy atom. The molecule has 1 aromatic rings. The van der Waals surface area contributed by atoms with E-state index in [0.29, 0.717) is 13.2 Å². The number of rotatable bonds is 3. The summed E-state index contributed by atoms with van der Waals surface area (Å²) in [5.41, 5.74) is 1.28. The average molecular weight is 219 g/mol. The van der Waals surface area contributed by atoms with Gasteiger partial charge in [-0.05, 0) is 12.5 Å². The van der Waals surface area contributed by atoms with E-state index in [4.69, 9.17) is 4.74 Å². The van der Waals surface area contributed by atoms with Crippen molar-refractivity contribution in [2.24, 2.45) is 0 Å². The van der Waals surface area contributed by atoms with Crippen LogP contribution in [-0.4, -0.2) is 36.5 Å².